The smallest absolute Gasteiger partial charge is 0.406 e. The molecule has 0 radical (unpaired) electrons. The molecule has 2 aromatic heterocycles. The molecule has 0 aliphatic carbocycles. The first-order valence-electron chi connectivity index (χ1n) is 7.59. The van der Waals surface area contributed by atoms with Crippen LogP contribution in [0.5, 0.6) is 0 Å². The average molecular weight is 291 g/mol. The molecule has 0 aromatic carbocycles. The number of aliphatic hydroxyl groups excluding tert-OH is 1. The Morgan fingerprint density at radius 2 is 2.29 bits per heavy atom. The summed E-state index contributed by atoms with van der Waals surface area (Å²) in [6.07, 6.45) is 6.00. The van der Waals surface area contributed by atoms with Gasteiger partial charge >= 0.3 is 5.76 Å². The lowest BCUT2D eigenvalue weighted by Gasteiger charge is -2.35. The van der Waals surface area contributed by atoms with Gasteiger partial charge in [-0.05, 0) is 37.9 Å². The number of aromatic nitrogens is 2. The van der Waals surface area contributed by atoms with E-state index in [0.717, 1.165) is 25.9 Å². The van der Waals surface area contributed by atoms with Gasteiger partial charge in [0.2, 0.25) is 0 Å². The molecule has 1 atom stereocenters. The van der Waals surface area contributed by atoms with Crippen molar-refractivity contribution >= 4 is 11.2 Å². The van der Waals surface area contributed by atoms with Crippen molar-refractivity contribution in [3.63, 3.8) is 0 Å². The van der Waals surface area contributed by atoms with Crippen molar-refractivity contribution in [1.82, 2.24) is 14.5 Å². The minimum Gasteiger partial charge on any atom is -0.406 e. The molecule has 0 spiro atoms. The molecule has 1 N–H and O–H groups in total. The molecular weight excluding hydrogens is 270 g/mol. The van der Waals surface area contributed by atoms with Crippen LogP contribution in [0.2, 0.25) is 0 Å². The Hall–Kier alpha value is -1.66. The number of nitrogens with zero attached hydrogens (tertiary/aromatic N) is 3. The van der Waals surface area contributed by atoms with Gasteiger partial charge in [-0.2, -0.15) is 0 Å². The Morgan fingerprint density at radius 1 is 1.38 bits per heavy atom. The average Bonchev–Trinajstić information content (AvgIpc) is 2.82. The molecule has 0 saturated carbocycles. The van der Waals surface area contributed by atoms with Gasteiger partial charge in [0.1, 0.15) is 0 Å². The first-order valence-corrected chi connectivity index (χ1v) is 7.59. The fraction of sp³-hybridized carbons (Fsp3) is 0.600. The first-order chi connectivity index (χ1) is 10.3. The van der Waals surface area contributed by atoms with Gasteiger partial charge in [-0.15, -0.1) is 0 Å². The number of hydrogen-bond acceptors (Lipinski definition) is 5. The molecular formula is C15H21N3O3. The maximum absolute atomic E-state index is 11.9. The number of fused-ring (bicyclic) bond motifs is 1. The van der Waals surface area contributed by atoms with Crippen molar-refractivity contribution in [2.75, 3.05) is 19.7 Å². The summed E-state index contributed by atoms with van der Waals surface area (Å²) >= 11 is 0. The Labute approximate surface area is 123 Å². The van der Waals surface area contributed by atoms with Gasteiger partial charge < -0.3 is 9.52 Å². The quantitative estimate of drug-likeness (QED) is 0.897. The normalized spacial score (nSPS) is 20.1. The van der Waals surface area contributed by atoms with Crippen LogP contribution in [0.15, 0.2) is 27.5 Å². The molecule has 1 saturated heterocycles. The number of likely N-dealkylation sites (tertiary alicyclic amines) is 1. The summed E-state index contributed by atoms with van der Waals surface area (Å²) in [6.45, 7) is 2.61. The second kappa shape index (κ2) is 6.41. The molecule has 1 aliphatic rings. The van der Waals surface area contributed by atoms with E-state index in [1.807, 2.05) is 0 Å². The van der Waals surface area contributed by atoms with Crippen LogP contribution in [0, 0.1) is 0 Å². The molecule has 3 rings (SSSR count). The molecule has 1 fully saturated rings. The third kappa shape index (κ3) is 3.01. The molecule has 0 bridgehead atoms. The van der Waals surface area contributed by atoms with E-state index in [4.69, 9.17) is 9.52 Å². The number of piperidine rings is 1. The van der Waals surface area contributed by atoms with Gasteiger partial charge in [0.25, 0.3) is 0 Å². The topological polar surface area (TPSA) is 71.5 Å². The van der Waals surface area contributed by atoms with E-state index < -0.39 is 0 Å². The van der Waals surface area contributed by atoms with Crippen LogP contribution in [0.3, 0.4) is 0 Å². The number of hydrogen-bond donors (Lipinski definition) is 1. The van der Waals surface area contributed by atoms with Crippen molar-refractivity contribution in [2.24, 2.45) is 0 Å². The summed E-state index contributed by atoms with van der Waals surface area (Å²) in [5, 5.41) is 9.17. The highest BCUT2D eigenvalue weighted by atomic mass is 16.4. The Kier molecular flexibility index (Phi) is 4.36. The largest absolute Gasteiger partial charge is 0.421 e. The highest BCUT2D eigenvalue weighted by Crippen LogP contribution is 2.19. The summed E-state index contributed by atoms with van der Waals surface area (Å²) in [7, 11) is 0. The summed E-state index contributed by atoms with van der Waals surface area (Å²) < 4.78 is 6.80. The van der Waals surface area contributed by atoms with Crippen LogP contribution >= 0.6 is 0 Å². The van der Waals surface area contributed by atoms with E-state index in [0.29, 0.717) is 23.8 Å². The number of oxazole rings is 1. The molecule has 2 aromatic rings. The summed E-state index contributed by atoms with van der Waals surface area (Å²) in [5.41, 5.74) is 1.14. The Morgan fingerprint density at radius 3 is 3.14 bits per heavy atom. The van der Waals surface area contributed by atoms with Gasteiger partial charge in [-0.3, -0.25) is 9.47 Å². The van der Waals surface area contributed by atoms with Crippen LogP contribution in [-0.2, 0) is 6.54 Å². The highest BCUT2D eigenvalue weighted by molar-refractivity contribution is 5.67. The fourth-order valence-electron chi connectivity index (χ4n) is 3.16. The fourth-order valence-corrected chi connectivity index (χ4v) is 3.16. The van der Waals surface area contributed by atoms with Crippen molar-refractivity contribution < 1.29 is 9.52 Å². The van der Waals surface area contributed by atoms with E-state index in [9.17, 15) is 4.79 Å². The van der Waals surface area contributed by atoms with Crippen molar-refractivity contribution in [3.05, 3.63) is 28.9 Å². The van der Waals surface area contributed by atoms with Gasteiger partial charge in [0.05, 0.1) is 0 Å². The van der Waals surface area contributed by atoms with Gasteiger partial charge in [-0.1, -0.05) is 6.42 Å². The van der Waals surface area contributed by atoms with E-state index in [1.165, 1.54) is 12.8 Å². The zero-order valence-electron chi connectivity index (χ0n) is 12.1. The standard InChI is InChI=1S/C15H21N3O3/c19-11-6-12-4-1-2-8-17(12)9-10-18-14-13(21-15(18)20)5-3-7-16-14/h3,5,7,12,19H,1-2,4,6,8-11H2. The monoisotopic (exact) mass is 291 g/mol. The first kappa shape index (κ1) is 14.3. The molecule has 6 heteroatoms. The lowest BCUT2D eigenvalue weighted by Crippen LogP contribution is -2.42. The van der Waals surface area contributed by atoms with Gasteiger partial charge in [-0.25, -0.2) is 9.78 Å². The molecule has 3 heterocycles. The van der Waals surface area contributed by atoms with Crippen LogP contribution < -0.4 is 5.76 Å². The minimum atomic E-state index is -0.348. The predicted octanol–water partition coefficient (Wildman–Crippen LogP) is 1.23. The van der Waals surface area contributed by atoms with Crippen LogP contribution in [0.1, 0.15) is 25.7 Å². The lowest BCUT2D eigenvalue weighted by molar-refractivity contribution is 0.115. The summed E-state index contributed by atoms with van der Waals surface area (Å²) in [6, 6.07) is 3.94. The third-order valence-electron chi connectivity index (χ3n) is 4.25. The third-order valence-corrected chi connectivity index (χ3v) is 4.25. The summed E-state index contributed by atoms with van der Waals surface area (Å²) in [4.78, 5) is 18.5. The van der Waals surface area contributed by atoms with Gasteiger partial charge in [0.15, 0.2) is 11.2 Å². The Balaban J connectivity index is 1.73. The highest BCUT2D eigenvalue weighted by Gasteiger charge is 2.22. The van der Waals surface area contributed by atoms with E-state index in [1.54, 1.807) is 22.9 Å². The number of pyridine rings is 1. The van der Waals surface area contributed by atoms with Crippen LogP contribution in [0.25, 0.3) is 11.2 Å². The molecule has 0 amide bonds. The number of rotatable bonds is 5. The second-order valence-corrected chi connectivity index (χ2v) is 5.54. The molecule has 1 unspecified atom stereocenters. The van der Waals surface area contributed by atoms with E-state index >= 15 is 0 Å². The molecule has 21 heavy (non-hydrogen) atoms. The molecule has 1 aliphatic heterocycles. The second-order valence-electron chi connectivity index (χ2n) is 5.54. The molecule has 6 nitrogen and oxygen atoms in total. The minimum absolute atomic E-state index is 0.220. The lowest BCUT2D eigenvalue weighted by atomic mass is 10.00. The van der Waals surface area contributed by atoms with Crippen LogP contribution in [0.4, 0.5) is 0 Å². The van der Waals surface area contributed by atoms with E-state index in [-0.39, 0.29) is 12.4 Å². The molecule has 114 valence electrons. The summed E-state index contributed by atoms with van der Waals surface area (Å²) in [5.74, 6) is -0.348. The zero-order valence-corrected chi connectivity index (χ0v) is 12.1. The predicted molar refractivity (Wildman–Crippen MR) is 79.2 cm³/mol. The van der Waals surface area contributed by atoms with Crippen LogP contribution in [-0.4, -0.2) is 45.3 Å². The SMILES string of the molecule is O=c1oc2cccnc2n1CCN1CCCCC1CCO. The van der Waals surface area contributed by atoms with E-state index in [2.05, 4.69) is 9.88 Å². The van der Waals surface area contributed by atoms with Crippen molar-refractivity contribution in [1.29, 1.82) is 0 Å². The number of aliphatic hydroxyl groups is 1. The van der Waals surface area contributed by atoms with Crippen molar-refractivity contribution in [3.8, 4) is 0 Å². The van der Waals surface area contributed by atoms with Crippen molar-refractivity contribution in [2.45, 2.75) is 38.3 Å². The Bertz CT molecular complexity index is 647. The van der Waals surface area contributed by atoms with Gasteiger partial charge in [0, 0.05) is 31.9 Å². The maximum atomic E-state index is 11.9. The zero-order chi connectivity index (χ0) is 14.7. The maximum Gasteiger partial charge on any atom is 0.421 e.